The van der Waals surface area contributed by atoms with Crippen molar-refractivity contribution in [2.75, 3.05) is 24.3 Å². The van der Waals surface area contributed by atoms with Crippen LogP contribution in [0.2, 0.25) is 0 Å². The maximum absolute atomic E-state index is 13.7. The van der Waals surface area contributed by atoms with E-state index in [0.717, 1.165) is 30.2 Å². The van der Waals surface area contributed by atoms with E-state index in [1.165, 1.54) is 17.8 Å². The first-order chi connectivity index (χ1) is 17.0. The van der Waals surface area contributed by atoms with Gasteiger partial charge in [0.1, 0.15) is 6.10 Å². The van der Waals surface area contributed by atoms with Crippen molar-refractivity contribution in [1.82, 2.24) is 25.0 Å². The van der Waals surface area contributed by atoms with Crippen LogP contribution in [0.5, 0.6) is 0 Å². The average Bonchev–Trinajstić information content (AvgIpc) is 3.29. The number of benzene rings is 1. The van der Waals surface area contributed by atoms with Gasteiger partial charge in [0.25, 0.3) is 0 Å². The zero-order valence-electron chi connectivity index (χ0n) is 19.3. The molecule has 0 bridgehead atoms. The molecule has 0 amide bonds. The molecule has 0 radical (unpaired) electrons. The monoisotopic (exact) mass is 506 g/mol. The third-order valence-electron chi connectivity index (χ3n) is 6.47. The fourth-order valence-corrected chi connectivity index (χ4v) is 5.29. The van der Waals surface area contributed by atoms with Crippen LogP contribution in [0.1, 0.15) is 50.1 Å². The topological polar surface area (TPSA) is 118 Å². The fraction of sp³-hybridized carbons (Fsp3) is 0.565. The second-order valence-electron chi connectivity index (χ2n) is 8.97. The number of aromatic nitrogens is 5. The van der Waals surface area contributed by atoms with Gasteiger partial charge in [-0.05, 0) is 43.4 Å². The molecular formula is C23H28F2N6O3S. The van der Waals surface area contributed by atoms with Gasteiger partial charge in [-0.25, -0.2) is 23.4 Å². The molecule has 188 valence electrons. The van der Waals surface area contributed by atoms with E-state index in [1.807, 2.05) is 0 Å². The highest BCUT2D eigenvalue weighted by atomic mass is 32.2. The number of halogens is 2. The van der Waals surface area contributed by atoms with Gasteiger partial charge in [-0.2, -0.15) is 0 Å². The number of anilines is 1. The Balaban J connectivity index is 1.44. The second-order valence-corrected chi connectivity index (χ2v) is 10.0. The lowest BCUT2D eigenvalue weighted by atomic mass is 10.1. The van der Waals surface area contributed by atoms with Crippen molar-refractivity contribution in [2.24, 2.45) is 0 Å². The molecule has 0 unspecified atom stereocenters. The van der Waals surface area contributed by atoms with Gasteiger partial charge < -0.3 is 20.3 Å². The van der Waals surface area contributed by atoms with E-state index < -0.39 is 17.7 Å². The van der Waals surface area contributed by atoms with Gasteiger partial charge in [0.05, 0.1) is 18.8 Å². The number of aliphatic hydroxyl groups is 2. The molecule has 1 saturated heterocycles. The second kappa shape index (κ2) is 10.3. The first-order valence-electron chi connectivity index (χ1n) is 11.9. The summed E-state index contributed by atoms with van der Waals surface area (Å²) in [5.74, 6) is -0.281. The first-order valence-corrected chi connectivity index (χ1v) is 12.8. The molecule has 1 aromatic carbocycles. The summed E-state index contributed by atoms with van der Waals surface area (Å²) in [5, 5.41) is 31.9. The Morgan fingerprint density at radius 1 is 1.20 bits per heavy atom. The lowest BCUT2D eigenvalue weighted by Gasteiger charge is -2.16. The number of hydrogen-bond donors (Lipinski definition) is 3. The predicted molar refractivity (Wildman–Crippen MR) is 126 cm³/mol. The Morgan fingerprint density at radius 3 is 2.80 bits per heavy atom. The van der Waals surface area contributed by atoms with Crippen molar-refractivity contribution in [3.8, 4) is 0 Å². The Morgan fingerprint density at radius 2 is 2.06 bits per heavy atom. The van der Waals surface area contributed by atoms with E-state index >= 15 is 0 Å². The molecule has 1 saturated carbocycles. The van der Waals surface area contributed by atoms with Gasteiger partial charge >= 0.3 is 0 Å². The molecule has 1 aliphatic heterocycles. The lowest BCUT2D eigenvalue weighted by Crippen LogP contribution is -2.25. The van der Waals surface area contributed by atoms with E-state index in [4.69, 9.17) is 9.72 Å². The molecule has 0 spiro atoms. The van der Waals surface area contributed by atoms with E-state index in [2.05, 4.69) is 27.5 Å². The van der Waals surface area contributed by atoms with Crippen molar-refractivity contribution >= 4 is 28.7 Å². The Hall–Kier alpha value is -2.41. The number of rotatable bonds is 10. The zero-order chi connectivity index (χ0) is 24.5. The van der Waals surface area contributed by atoms with Crippen molar-refractivity contribution in [3.05, 3.63) is 35.4 Å². The number of fused-ring (bicyclic) bond motifs is 1. The SMILES string of the molecule is CCCSc1nc(N[C@@H]2C[C@H]2c2ccc(F)c(F)c2)c2nnn([C@@H]3C[C@H](CCO)O[C@H]3CO)c2n1. The molecule has 9 nitrogen and oxygen atoms in total. The highest BCUT2D eigenvalue weighted by molar-refractivity contribution is 7.99. The van der Waals surface area contributed by atoms with Crippen LogP contribution in [-0.2, 0) is 4.74 Å². The Bertz CT molecular complexity index is 1200. The summed E-state index contributed by atoms with van der Waals surface area (Å²) in [7, 11) is 0. The van der Waals surface area contributed by atoms with E-state index in [1.54, 1.807) is 10.7 Å². The van der Waals surface area contributed by atoms with Crippen LogP contribution in [0.15, 0.2) is 23.4 Å². The number of thioether (sulfide) groups is 1. The van der Waals surface area contributed by atoms with Crippen molar-refractivity contribution < 1.29 is 23.7 Å². The van der Waals surface area contributed by atoms with Gasteiger partial charge in [0, 0.05) is 24.3 Å². The Labute approximate surface area is 205 Å². The van der Waals surface area contributed by atoms with Crippen LogP contribution in [0.3, 0.4) is 0 Å². The van der Waals surface area contributed by atoms with Crippen LogP contribution in [-0.4, -0.2) is 72.4 Å². The van der Waals surface area contributed by atoms with Crippen molar-refractivity contribution in [2.45, 2.75) is 68.0 Å². The standard InChI is InChI=1S/C23H28F2N6O3S/c1-2-7-35-23-27-21(26-17-10-14(17)12-3-4-15(24)16(25)8-12)20-22(28-23)31(30-29-20)18-9-13(5-6-32)34-19(18)11-33/h3-4,8,13-14,17-19,32-33H,2,5-7,9-11H2,1H3,(H,26,27,28)/t13-,14-,17+,18+,19-/m0/s1. The molecule has 3 N–H and O–H groups in total. The molecule has 5 atom stereocenters. The van der Waals surface area contributed by atoms with Crippen LogP contribution in [0.4, 0.5) is 14.6 Å². The van der Waals surface area contributed by atoms with Crippen molar-refractivity contribution in [3.63, 3.8) is 0 Å². The van der Waals surface area contributed by atoms with Gasteiger partial charge in [-0.3, -0.25) is 0 Å². The van der Waals surface area contributed by atoms with Gasteiger partial charge in [0.2, 0.25) is 0 Å². The number of hydrogen-bond acceptors (Lipinski definition) is 9. The van der Waals surface area contributed by atoms with Crippen molar-refractivity contribution in [1.29, 1.82) is 0 Å². The molecule has 3 aromatic rings. The number of nitrogens with one attached hydrogen (secondary N) is 1. The first kappa shape index (κ1) is 24.3. The zero-order valence-corrected chi connectivity index (χ0v) is 20.1. The quantitative estimate of drug-likeness (QED) is 0.282. The largest absolute Gasteiger partial charge is 0.396 e. The maximum Gasteiger partial charge on any atom is 0.191 e. The Kier molecular flexibility index (Phi) is 7.14. The summed E-state index contributed by atoms with van der Waals surface area (Å²) in [6, 6.07) is 3.73. The van der Waals surface area contributed by atoms with Crippen LogP contribution < -0.4 is 5.32 Å². The van der Waals surface area contributed by atoms with Crippen LogP contribution in [0, 0.1) is 11.6 Å². The molecule has 12 heteroatoms. The summed E-state index contributed by atoms with van der Waals surface area (Å²) in [5.41, 5.74) is 1.78. The van der Waals surface area contributed by atoms with E-state index in [9.17, 15) is 19.0 Å². The molecular weight excluding hydrogens is 478 g/mol. The minimum absolute atomic E-state index is 0.000996. The smallest absolute Gasteiger partial charge is 0.191 e. The maximum atomic E-state index is 13.7. The third kappa shape index (κ3) is 4.97. The summed E-state index contributed by atoms with van der Waals surface area (Å²) in [6.45, 7) is 1.90. The summed E-state index contributed by atoms with van der Waals surface area (Å²) in [6.07, 6.45) is 2.11. The van der Waals surface area contributed by atoms with Gasteiger partial charge in [-0.15, -0.1) is 5.10 Å². The molecule has 2 aliphatic rings. The number of nitrogens with zero attached hydrogens (tertiary/aromatic N) is 5. The molecule has 2 aromatic heterocycles. The highest BCUT2D eigenvalue weighted by Crippen LogP contribution is 2.44. The summed E-state index contributed by atoms with van der Waals surface area (Å²) in [4.78, 5) is 9.39. The molecule has 1 aliphatic carbocycles. The molecule has 3 heterocycles. The van der Waals surface area contributed by atoms with E-state index in [-0.39, 0.29) is 37.3 Å². The minimum atomic E-state index is -0.857. The molecule has 35 heavy (non-hydrogen) atoms. The van der Waals surface area contributed by atoms with Gasteiger partial charge in [-0.1, -0.05) is 30.0 Å². The summed E-state index contributed by atoms with van der Waals surface area (Å²) < 4.78 is 34.6. The molecule has 5 rings (SSSR count). The third-order valence-corrected chi connectivity index (χ3v) is 7.52. The summed E-state index contributed by atoms with van der Waals surface area (Å²) >= 11 is 1.53. The highest BCUT2D eigenvalue weighted by Gasteiger charge is 2.41. The fourth-order valence-electron chi connectivity index (χ4n) is 4.60. The lowest BCUT2D eigenvalue weighted by molar-refractivity contribution is -0.00756. The van der Waals surface area contributed by atoms with Crippen LogP contribution in [0.25, 0.3) is 11.2 Å². The van der Waals surface area contributed by atoms with Gasteiger partial charge in [0.15, 0.2) is 33.8 Å². The number of aliphatic hydroxyl groups excluding tert-OH is 2. The van der Waals surface area contributed by atoms with E-state index in [0.29, 0.717) is 35.0 Å². The predicted octanol–water partition coefficient (Wildman–Crippen LogP) is 3.04. The number of ether oxygens (including phenoxy) is 1. The normalized spacial score (nSPS) is 25.9. The average molecular weight is 507 g/mol. The molecule has 2 fully saturated rings. The minimum Gasteiger partial charge on any atom is -0.396 e. The van der Waals surface area contributed by atoms with Crippen LogP contribution >= 0.6 is 11.8 Å².